The number of rotatable bonds is 13. The Morgan fingerprint density at radius 1 is 0.703 bits per heavy atom. The molecule has 4 nitrogen and oxygen atoms in total. The van der Waals surface area contributed by atoms with Gasteiger partial charge in [0.2, 0.25) is 10.0 Å². The third-order valence-electron chi connectivity index (χ3n) is 5.22. The fourth-order valence-corrected chi connectivity index (χ4v) is 4.37. The molecule has 0 aliphatic carbocycles. The Labute approximate surface area is 204 Å². The summed E-state index contributed by atoms with van der Waals surface area (Å²) < 4.78 is 209. The lowest BCUT2D eigenvalue weighted by Crippen LogP contribution is -2.57. The van der Waals surface area contributed by atoms with Gasteiger partial charge >= 0.3 is 24.7 Å². The largest absolute Gasteiger partial charge is 0.462 e. The third kappa shape index (κ3) is 10.2. The molecule has 0 bridgehead atoms. The monoisotopic (exact) mass is 600 g/mol. The van der Waals surface area contributed by atoms with Gasteiger partial charge in [-0.15, -0.1) is 7.05 Å². The van der Waals surface area contributed by atoms with Gasteiger partial charge in [-0.25, -0.2) is 21.9 Å². The van der Waals surface area contributed by atoms with Crippen LogP contribution in [0.5, 0.6) is 0 Å². The standard InChI is InChI=1S/C18H26F14N2O2S/c1-34(2,3)8-5-7-33-37(35,36)9-4-6-12(10-13(19,15(21,22)23)16(24,25)26)11-14(20,17(27,28)29)18(30,31)32/h12,33H,1,4-11H2,2-3H3. The fraction of sp³-hybridized carbons (Fsp3) is 0.944. The smallest absolute Gasteiger partial charge is 0.431 e. The molecule has 0 radical (unpaired) electrons. The van der Waals surface area contributed by atoms with Crippen LogP contribution >= 0.6 is 0 Å². The molecule has 0 aromatic carbocycles. The molecule has 0 aliphatic heterocycles. The minimum absolute atomic E-state index is 0.163. The summed E-state index contributed by atoms with van der Waals surface area (Å²) in [4.78, 5) is 0. The predicted molar refractivity (Wildman–Crippen MR) is 103 cm³/mol. The zero-order valence-electron chi connectivity index (χ0n) is 19.4. The second-order valence-electron chi connectivity index (χ2n) is 9.24. The molecule has 0 amide bonds. The number of hydrogen-bond acceptors (Lipinski definition) is 2. The maximum Gasteiger partial charge on any atom is 0.431 e. The summed E-state index contributed by atoms with van der Waals surface area (Å²) in [5, 5.41) is 0. The average Bonchev–Trinajstić information content (AvgIpc) is 2.60. The summed E-state index contributed by atoms with van der Waals surface area (Å²) in [6, 6.07) is 0. The van der Waals surface area contributed by atoms with Gasteiger partial charge in [-0.05, 0) is 18.8 Å². The number of quaternary nitrogens is 1. The maximum absolute atomic E-state index is 14.1. The van der Waals surface area contributed by atoms with Gasteiger partial charge in [0.25, 0.3) is 11.3 Å². The lowest BCUT2D eigenvalue weighted by molar-refractivity contribution is -0.845. The molecular weight excluding hydrogens is 574 g/mol. The molecule has 0 fully saturated rings. The molecule has 0 rings (SSSR count). The first-order chi connectivity index (χ1) is 16.0. The molecule has 0 aromatic heterocycles. The zero-order valence-corrected chi connectivity index (χ0v) is 20.2. The van der Waals surface area contributed by atoms with E-state index in [-0.39, 0.29) is 17.4 Å². The Kier molecular flexibility index (Phi) is 11.2. The van der Waals surface area contributed by atoms with Crippen molar-refractivity contribution in [1.82, 2.24) is 4.72 Å². The van der Waals surface area contributed by atoms with E-state index < -0.39 is 83.4 Å². The summed E-state index contributed by atoms with van der Waals surface area (Å²) in [5.41, 5.74) is -12.6. The number of alkyl halides is 14. The van der Waals surface area contributed by atoms with E-state index >= 15 is 0 Å². The van der Waals surface area contributed by atoms with Crippen LogP contribution in [-0.4, -0.2) is 81.9 Å². The molecule has 0 spiro atoms. The third-order valence-corrected chi connectivity index (χ3v) is 6.69. The van der Waals surface area contributed by atoms with Crippen LogP contribution in [0.2, 0.25) is 0 Å². The molecule has 0 unspecified atom stereocenters. The van der Waals surface area contributed by atoms with Crippen molar-refractivity contribution in [3.05, 3.63) is 7.05 Å². The Bertz CT molecular complexity index is 758. The van der Waals surface area contributed by atoms with Gasteiger partial charge in [0, 0.05) is 39.9 Å². The maximum atomic E-state index is 14.1. The molecule has 1 N–H and O–H groups in total. The van der Waals surface area contributed by atoms with Crippen LogP contribution in [0.1, 0.15) is 32.1 Å². The Morgan fingerprint density at radius 3 is 1.35 bits per heavy atom. The minimum Gasteiger partial charge on any atom is -0.462 e. The Balaban J connectivity index is 5.92. The topological polar surface area (TPSA) is 46.2 Å². The molecule has 0 atom stereocenters. The highest BCUT2D eigenvalue weighted by Gasteiger charge is 2.75. The SMILES string of the molecule is [CH2-][N+](C)(C)CCCNS(=O)(=O)CCCC(CC(F)(C(F)(F)F)C(F)(F)F)CC(F)(C(F)(F)F)C(F)(F)F. The number of sulfonamides is 1. The average molecular weight is 600 g/mol. The van der Waals surface area contributed by atoms with Crippen molar-refractivity contribution in [2.45, 2.75) is 68.1 Å². The van der Waals surface area contributed by atoms with E-state index in [2.05, 4.69) is 7.05 Å². The molecule has 0 aliphatic rings. The molecule has 0 saturated heterocycles. The van der Waals surface area contributed by atoms with Crippen molar-refractivity contribution >= 4 is 10.0 Å². The summed E-state index contributed by atoms with van der Waals surface area (Å²) >= 11 is 0. The molecule has 19 heteroatoms. The molecule has 224 valence electrons. The second kappa shape index (κ2) is 11.6. The van der Waals surface area contributed by atoms with Gasteiger partial charge in [-0.2, -0.15) is 52.7 Å². The summed E-state index contributed by atoms with van der Waals surface area (Å²) in [6.07, 6.45) is -35.9. The van der Waals surface area contributed by atoms with Crippen LogP contribution < -0.4 is 4.72 Å². The summed E-state index contributed by atoms with van der Waals surface area (Å²) in [5.74, 6) is -4.35. The number of nitrogens with one attached hydrogen (secondary N) is 1. The minimum atomic E-state index is -6.84. The van der Waals surface area contributed by atoms with E-state index in [1.165, 1.54) is 0 Å². The van der Waals surface area contributed by atoms with E-state index in [0.717, 1.165) is 0 Å². The fourth-order valence-electron chi connectivity index (χ4n) is 3.23. The first-order valence-corrected chi connectivity index (χ1v) is 11.9. The van der Waals surface area contributed by atoms with Crippen molar-refractivity contribution in [3.63, 3.8) is 0 Å². The van der Waals surface area contributed by atoms with E-state index in [0.29, 0.717) is 6.54 Å². The van der Waals surface area contributed by atoms with E-state index in [1.54, 1.807) is 14.1 Å². The molecule has 37 heavy (non-hydrogen) atoms. The molecular formula is C18H26F14N2O2S. The normalized spacial score (nSPS) is 15.5. The van der Waals surface area contributed by atoms with Crippen molar-refractivity contribution in [2.24, 2.45) is 5.92 Å². The molecule has 0 saturated carbocycles. The van der Waals surface area contributed by atoms with Crippen LogP contribution in [0, 0.1) is 13.0 Å². The quantitative estimate of drug-likeness (QED) is 0.122. The number of nitrogens with zero attached hydrogens (tertiary/aromatic N) is 1. The van der Waals surface area contributed by atoms with Gasteiger partial charge in [-0.1, -0.05) is 0 Å². The highest BCUT2D eigenvalue weighted by atomic mass is 32.2. The van der Waals surface area contributed by atoms with Crippen molar-refractivity contribution < 1.29 is 74.4 Å². The summed E-state index contributed by atoms with van der Waals surface area (Å²) in [6.45, 7) is 0.111. The van der Waals surface area contributed by atoms with Gasteiger partial charge in [0.15, 0.2) is 0 Å². The van der Waals surface area contributed by atoms with Crippen LogP contribution in [-0.2, 0) is 10.0 Å². The van der Waals surface area contributed by atoms with Crippen molar-refractivity contribution in [3.8, 4) is 0 Å². The van der Waals surface area contributed by atoms with Gasteiger partial charge < -0.3 is 4.48 Å². The van der Waals surface area contributed by atoms with Crippen LogP contribution in [0.3, 0.4) is 0 Å². The lowest BCUT2D eigenvalue weighted by Gasteiger charge is -2.37. The Morgan fingerprint density at radius 2 is 1.05 bits per heavy atom. The van der Waals surface area contributed by atoms with Crippen molar-refractivity contribution in [2.75, 3.05) is 32.9 Å². The van der Waals surface area contributed by atoms with Gasteiger partial charge in [0.05, 0.1) is 12.3 Å². The molecule has 0 heterocycles. The van der Waals surface area contributed by atoms with E-state index in [1.807, 2.05) is 4.72 Å². The zero-order chi connectivity index (χ0) is 29.9. The number of hydrogen-bond donors (Lipinski definition) is 1. The van der Waals surface area contributed by atoms with Crippen LogP contribution in [0.4, 0.5) is 61.5 Å². The number of halogens is 14. The predicted octanol–water partition coefficient (Wildman–Crippen LogP) is 6.01. The highest BCUT2D eigenvalue weighted by molar-refractivity contribution is 7.89. The summed E-state index contributed by atoms with van der Waals surface area (Å²) in [7, 11) is 2.62. The van der Waals surface area contributed by atoms with Crippen LogP contribution in [0.15, 0.2) is 0 Å². The van der Waals surface area contributed by atoms with E-state index in [9.17, 15) is 69.9 Å². The van der Waals surface area contributed by atoms with Crippen LogP contribution in [0.25, 0.3) is 0 Å². The lowest BCUT2D eigenvalue weighted by atomic mass is 9.80. The Hall–Kier alpha value is -1.11. The first kappa shape index (κ1) is 35.9. The van der Waals surface area contributed by atoms with Gasteiger partial charge in [-0.3, -0.25) is 0 Å². The highest BCUT2D eigenvalue weighted by Crippen LogP contribution is 2.55. The first-order valence-electron chi connectivity index (χ1n) is 10.3. The van der Waals surface area contributed by atoms with Crippen molar-refractivity contribution in [1.29, 1.82) is 0 Å². The second-order valence-corrected chi connectivity index (χ2v) is 11.2. The molecule has 0 aromatic rings. The van der Waals surface area contributed by atoms with Gasteiger partial charge in [0.1, 0.15) is 0 Å². The van der Waals surface area contributed by atoms with E-state index in [4.69, 9.17) is 0 Å².